The Bertz CT molecular complexity index is 387. The van der Waals surface area contributed by atoms with E-state index in [0.29, 0.717) is 13.0 Å². The number of rotatable bonds is 2. The molecule has 0 bridgehead atoms. The van der Waals surface area contributed by atoms with Crippen molar-refractivity contribution in [2.24, 2.45) is 5.92 Å². The van der Waals surface area contributed by atoms with Crippen LogP contribution in [0.3, 0.4) is 0 Å². The number of hydrogen-bond acceptors (Lipinski definition) is 4. The van der Waals surface area contributed by atoms with Gasteiger partial charge in [-0.25, -0.2) is 8.42 Å². The van der Waals surface area contributed by atoms with Crippen molar-refractivity contribution in [1.29, 1.82) is 0 Å². The first kappa shape index (κ1) is 11.9. The van der Waals surface area contributed by atoms with E-state index >= 15 is 0 Å². The Kier molecular flexibility index (Phi) is 2.96. The third-order valence-corrected chi connectivity index (χ3v) is 5.26. The molecule has 2 N–H and O–H groups in total. The summed E-state index contributed by atoms with van der Waals surface area (Å²) >= 11 is 0. The first-order chi connectivity index (χ1) is 7.40. The minimum atomic E-state index is -2.95. The van der Waals surface area contributed by atoms with Crippen LogP contribution in [-0.2, 0) is 14.6 Å². The lowest BCUT2D eigenvalue weighted by Crippen LogP contribution is -2.49. The van der Waals surface area contributed by atoms with Gasteiger partial charge in [-0.05, 0) is 26.3 Å². The van der Waals surface area contributed by atoms with Crippen LogP contribution in [0.25, 0.3) is 0 Å². The maximum absolute atomic E-state index is 11.9. The van der Waals surface area contributed by atoms with Gasteiger partial charge in [0.05, 0.1) is 23.0 Å². The number of hydrogen-bond donors (Lipinski definition) is 2. The molecule has 0 radical (unpaired) electrons. The highest BCUT2D eigenvalue weighted by Gasteiger charge is 2.40. The molecule has 6 heteroatoms. The second-order valence-corrected chi connectivity index (χ2v) is 7.27. The number of carbonyl (C=O) groups is 1. The molecule has 2 unspecified atom stereocenters. The number of nitrogens with one attached hydrogen (secondary N) is 2. The van der Waals surface area contributed by atoms with E-state index in [1.165, 1.54) is 0 Å². The predicted molar refractivity (Wildman–Crippen MR) is 60.8 cm³/mol. The van der Waals surface area contributed by atoms with Gasteiger partial charge in [0.2, 0.25) is 5.91 Å². The molecule has 0 saturated carbocycles. The van der Waals surface area contributed by atoms with Crippen LogP contribution < -0.4 is 10.6 Å². The van der Waals surface area contributed by atoms with Gasteiger partial charge in [-0.15, -0.1) is 0 Å². The van der Waals surface area contributed by atoms with E-state index in [9.17, 15) is 13.2 Å². The fraction of sp³-hybridized carbons (Fsp3) is 0.900. The monoisotopic (exact) mass is 246 g/mol. The zero-order valence-electron chi connectivity index (χ0n) is 9.45. The standard InChI is InChI=1S/C10H18N2O3S/c1-10(3-5-16(14,15)7-10)12-9(13)8-2-4-11-6-8/h8,11H,2-7H2,1H3,(H,12,13). The topological polar surface area (TPSA) is 75.3 Å². The lowest BCUT2D eigenvalue weighted by Gasteiger charge is -2.25. The summed E-state index contributed by atoms with van der Waals surface area (Å²) < 4.78 is 22.8. The predicted octanol–water partition coefficient (Wildman–Crippen LogP) is -0.711. The second kappa shape index (κ2) is 4.00. The highest BCUT2D eigenvalue weighted by Crippen LogP contribution is 2.23. The molecule has 2 aliphatic heterocycles. The van der Waals surface area contributed by atoms with Crippen LogP contribution in [0, 0.1) is 5.92 Å². The Hall–Kier alpha value is -0.620. The van der Waals surface area contributed by atoms with Crippen molar-refractivity contribution in [2.45, 2.75) is 25.3 Å². The van der Waals surface area contributed by atoms with Crippen LogP contribution in [0.15, 0.2) is 0 Å². The average molecular weight is 246 g/mol. The Morgan fingerprint density at radius 2 is 2.25 bits per heavy atom. The van der Waals surface area contributed by atoms with Crippen molar-refractivity contribution in [3.05, 3.63) is 0 Å². The largest absolute Gasteiger partial charge is 0.350 e. The van der Waals surface area contributed by atoms with E-state index in [4.69, 9.17) is 0 Å². The molecule has 2 rings (SSSR count). The van der Waals surface area contributed by atoms with Crippen LogP contribution in [0.2, 0.25) is 0 Å². The molecular formula is C10H18N2O3S. The van der Waals surface area contributed by atoms with Crippen LogP contribution in [0.1, 0.15) is 19.8 Å². The van der Waals surface area contributed by atoms with Gasteiger partial charge in [-0.2, -0.15) is 0 Å². The van der Waals surface area contributed by atoms with Gasteiger partial charge in [-0.1, -0.05) is 0 Å². The molecule has 2 atom stereocenters. The zero-order valence-corrected chi connectivity index (χ0v) is 10.3. The SMILES string of the molecule is CC1(NC(=O)C2CCNC2)CCS(=O)(=O)C1. The first-order valence-corrected chi connectivity index (χ1v) is 7.46. The molecular weight excluding hydrogens is 228 g/mol. The van der Waals surface area contributed by atoms with E-state index in [2.05, 4.69) is 10.6 Å². The van der Waals surface area contributed by atoms with E-state index < -0.39 is 15.4 Å². The van der Waals surface area contributed by atoms with Gasteiger partial charge in [0.1, 0.15) is 0 Å². The summed E-state index contributed by atoms with van der Waals surface area (Å²) in [5.41, 5.74) is -0.557. The molecule has 0 aromatic rings. The Labute approximate surface area is 95.9 Å². The van der Waals surface area contributed by atoms with Gasteiger partial charge in [-0.3, -0.25) is 4.79 Å². The molecule has 1 amide bonds. The number of carbonyl (C=O) groups excluding carboxylic acids is 1. The van der Waals surface area contributed by atoms with Crippen LogP contribution in [-0.4, -0.2) is 44.5 Å². The summed E-state index contributed by atoms with van der Waals surface area (Å²) in [5.74, 6) is 0.253. The molecule has 2 heterocycles. The third kappa shape index (κ3) is 2.55. The van der Waals surface area contributed by atoms with Crippen molar-refractivity contribution in [1.82, 2.24) is 10.6 Å². The second-order valence-electron chi connectivity index (χ2n) is 5.08. The summed E-state index contributed by atoms with van der Waals surface area (Å²) in [6.45, 7) is 3.39. The van der Waals surface area contributed by atoms with Gasteiger partial charge >= 0.3 is 0 Å². The molecule has 5 nitrogen and oxygen atoms in total. The summed E-state index contributed by atoms with van der Waals surface area (Å²) in [5, 5.41) is 6.02. The van der Waals surface area contributed by atoms with E-state index in [-0.39, 0.29) is 23.3 Å². The van der Waals surface area contributed by atoms with Gasteiger partial charge in [0.25, 0.3) is 0 Å². The number of sulfone groups is 1. The molecule has 0 spiro atoms. The lowest BCUT2D eigenvalue weighted by molar-refractivity contribution is -0.125. The Morgan fingerprint density at radius 3 is 2.75 bits per heavy atom. The first-order valence-electron chi connectivity index (χ1n) is 5.63. The smallest absolute Gasteiger partial charge is 0.224 e. The normalized spacial score (nSPS) is 37.4. The molecule has 0 aromatic carbocycles. The van der Waals surface area contributed by atoms with E-state index in [0.717, 1.165) is 13.0 Å². The summed E-state index contributed by atoms with van der Waals surface area (Å²) in [6, 6.07) is 0. The lowest BCUT2D eigenvalue weighted by atomic mass is 9.99. The van der Waals surface area contributed by atoms with Crippen molar-refractivity contribution in [3.8, 4) is 0 Å². The quantitative estimate of drug-likeness (QED) is 0.675. The molecule has 16 heavy (non-hydrogen) atoms. The zero-order chi connectivity index (χ0) is 11.8. The minimum absolute atomic E-state index is 0.000120. The fourth-order valence-electron chi connectivity index (χ4n) is 2.39. The summed E-state index contributed by atoms with van der Waals surface area (Å²) in [6.07, 6.45) is 1.37. The Morgan fingerprint density at radius 1 is 1.50 bits per heavy atom. The van der Waals surface area contributed by atoms with Crippen LogP contribution in [0.5, 0.6) is 0 Å². The van der Waals surface area contributed by atoms with Gasteiger partial charge in [0.15, 0.2) is 9.84 Å². The maximum atomic E-state index is 11.9. The summed E-state index contributed by atoms with van der Waals surface area (Å²) in [4.78, 5) is 11.9. The van der Waals surface area contributed by atoms with Gasteiger partial charge < -0.3 is 10.6 Å². The van der Waals surface area contributed by atoms with Crippen molar-refractivity contribution in [3.63, 3.8) is 0 Å². The fourth-order valence-corrected chi connectivity index (χ4v) is 4.48. The van der Waals surface area contributed by atoms with E-state index in [1.807, 2.05) is 6.92 Å². The van der Waals surface area contributed by atoms with Crippen molar-refractivity contribution >= 4 is 15.7 Å². The third-order valence-electron chi connectivity index (χ3n) is 3.36. The average Bonchev–Trinajstić information content (AvgIpc) is 2.73. The molecule has 2 fully saturated rings. The molecule has 0 aromatic heterocycles. The maximum Gasteiger partial charge on any atom is 0.224 e. The van der Waals surface area contributed by atoms with Gasteiger partial charge in [0, 0.05) is 6.54 Å². The molecule has 2 saturated heterocycles. The summed E-state index contributed by atoms with van der Waals surface area (Å²) in [7, 11) is -2.95. The minimum Gasteiger partial charge on any atom is -0.350 e. The van der Waals surface area contributed by atoms with Crippen molar-refractivity contribution < 1.29 is 13.2 Å². The highest BCUT2D eigenvalue weighted by atomic mass is 32.2. The van der Waals surface area contributed by atoms with Crippen LogP contribution >= 0.6 is 0 Å². The van der Waals surface area contributed by atoms with E-state index in [1.54, 1.807) is 0 Å². The van der Waals surface area contributed by atoms with Crippen molar-refractivity contribution in [2.75, 3.05) is 24.6 Å². The highest BCUT2D eigenvalue weighted by molar-refractivity contribution is 7.91. The number of amides is 1. The van der Waals surface area contributed by atoms with Crippen LogP contribution in [0.4, 0.5) is 0 Å². The molecule has 2 aliphatic rings. The molecule has 92 valence electrons. The Balaban J connectivity index is 1.96. The molecule has 0 aliphatic carbocycles.